The first kappa shape index (κ1) is 19.1. The first-order valence-electron chi connectivity index (χ1n) is 8.72. The Hall–Kier alpha value is -2.68. The molecule has 1 fully saturated rings. The topological polar surface area (TPSA) is 77.6 Å². The zero-order valence-electron chi connectivity index (χ0n) is 15.3. The molecule has 0 atom stereocenters. The van der Waals surface area contributed by atoms with E-state index in [1.54, 1.807) is 16.2 Å². The quantitative estimate of drug-likeness (QED) is 0.842. The van der Waals surface area contributed by atoms with Crippen molar-refractivity contribution in [2.45, 2.75) is 20.3 Å². The summed E-state index contributed by atoms with van der Waals surface area (Å²) in [5.74, 6) is -0.809. The van der Waals surface area contributed by atoms with Crippen molar-refractivity contribution < 1.29 is 14.0 Å². The molecule has 27 heavy (non-hydrogen) atoms. The minimum absolute atomic E-state index is 0.0444. The summed E-state index contributed by atoms with van der Waals surface area (Å²) in [6.45, 7) is 5.94. The number of nitrogens with zero attached hydrogens (tertiary/aromatic N) is 3. The van der Waals surface area contributed by atoms with Gasteiger partial charge in [-0.15, -0.1) is 11.3 Å². The molecule has 3 amide bonds. The van der Waals surface area contributed by atoms with Gasteiger partial charge >= 0.3 is 6.03 Å². The summed E-state index contributed by atoms with van der Waals surface area (Å²) in [6.07, 6.45) is 0.806. The molecule has 0 saturated carbocycles. The van der Waals surface area contributed by atoms with Crippen molar-refractivity contribution in [3.63, 3.8) is 0 Å². The molecule has 1 aromatic heterocycles. The van der Waals surface area contributed by atoms with Crippen molar-refractivity contribution in [1.82, 2.24) is 9.88 Å². The highest BCUT2D eigenvalue weighted by Gasteiger charge is 2.21. The van der Waals surface area contributed by atoms with Crippen molar-refractivity contribution >= 4 is 39.8 Å². The number of aromatic nitrogens is 1. The molecular formula is C18H22FN5O2S. The van der Waals surface area contributed by atoms with E-state index in [-0.39, 0.29) is 17.6 Å². The number of thiazole rings is 1. The summed E-state index contributed by atoms with van der Waals surface area (Å²) >= 11 is 1.60. The monoisotopic (exact) mass is 391 g/mol. The second kappa shape index (κ2) is 8.34. The molecule has 0 bridgehead atoms. The lowest BCUT2D eigenvalue weighted by molar-refractivity contribution is -0.114. The summed E-state index contributed by atoms with van der Waals surface area (Å²) in [4.78, 5) is 32.1. The third-order valence-electron chi connectivity index (χ3n) is 4.19. The Balaban J connectivity index is 1.63. The lowest BCUT2D eigenvalue weighted by Gasteiger charge is -2.22. The molecule has 0 aliphatic carbocycles. The molecule has 0 unspecified atom stereocenters. The predicted molar refractivity (Wildman–Crippen MR) is 105 cm³/mol. The van der Waals surface area contributed by atoms with Gasteiger partial charge in [-0.1, -0.05) is 0 Å². The molecule has 1 saturated heterocycles. The maximum atomic E-state index is 14.0. The molecule has 2 N–H and O–H groups in total. The van der Waals surface area contributed by atoms with Gasteiger partial charge in [-0.25, -0.2) is 14.2 Å². The summed E-state index contributed by atoms with van der Waals surface area (Å²) in [5.41, 5.74) is 1.46. The van der Waals surface area contributed by atoms with Crippen LogP contribution in [-0.4, -0.2) is 48.0 Å². The van der Waals surface area contributed by atoms with Crippen molar-refractivity contribution in [1.29, 1.82) is 0 Å². The van der Waals surface area contributed by atoms with Crippen LogP contribution in [0.2, 0.25) is 0 Å². The highest BCUT2D eigenvalue weighted by Crippen LogP contribution is 2.23. The Morgan fingerprint density at radius 2 is 2.00 bits per heavy atom. The summed E-state index contributed by atoms with van der Waals surface area (Å²) in [5, 5.41) is 8.16. The minimum Gasteiger partial charge on any atom is -0.346 e. The van der Waals surface area contributed by atoms with Gasteiger partial charge in [0.2, 0.25) is 5.91 Å². The van der Waals surface area contributed by atoms with Crippen molar-refractivity contribution in [2.24, 2.45) is 0 Å². The van der Waals surface area contributed by atoms with Crippen LogP contribution in [0.25, 0.3) is 0 Å². The molecule has 7 nitrogen and oxygen atoms in total. The normalized spacial score (nSPS) is 14.6. The summed E-state index contributed by atoms with van der Waals surface area (Å²) in [7, 11) is 0. The van der Waals surface area contributed by atoms with Crippen LogP contribution in [-0.2, 0) is 4.79 Å². The van der Waals surface area contributed by atoms with Crippen LogP contribution >= 0.6 is 11.3 Å². The summed E-state index contributed by atoms with van der Waals surface area (Å²) < 4.78 is 14.0. The maximum Gasteiger partial charge on any atom is 0.321 e. The smallest absolute Gasteiger partial charge is 0.321 e. The SMILES string of the molecule is CC(=O)Nc1ccc(F)c(NC(=O)N2CCCN(c3nc(C)cs3)CC2)c1. The minimum atomic E-state index is -0.549. The zero-order valence-corrected chi connectivity index (χ0v) is 16.1. The van der Waals surface area contributed by atoms with E-state index >= 15 is 0 Å². The van der Waals surface area contributed by atoms with E-state index in [1.165, 1.54) is 25.1 Å². The van der Waals surface area contributed by atoms with Crippen molar-refractivity contribution in [3.8, 4) is 0 Å². The number of anilines is 3. The van der Waals surface area contributed by atoms with Gasteiger partial charge in [-0.2, -0.15) is 0 Å². The molecule has 3 rings (SSSR count). The van der Waals surface area contributed by atoms with E-state index in [9.17, 15) is 14.0 Å². The Labute approximate surface area is 161 Å². The van der Waals surface area contributed by atoms with Crippen LogP contribution in [0.5, 0.6) is 0 Å². The number of halogens is 1. The van der Waals surface area contributed by atoms with Gasteiger partial charge in [0.05, 0.1) is 11.4 Å². The second-order valence-corrected chi connectivity index (χ2v) is 7.24. The molecule has 144 valence electrons. The van der Waals surface area contributed by atoms with Crippen molar-refractivity contribution in [3.05, 3.63) is 35.1 Å². The third-order valence-corrected chi connectivity index (χ3v) is 5.21. The lowest BCUT2D eigenvalue weighted by Crippen LogP contribution is -2.38. The number of rotatable bonds is 3. The van der Waals surface area contributed by atoms with E-state index in [0.717, 1.165) is 23.8 Å². The Morgan fingerprint density at radius 3 is 2.70 bits per heavy atom. The average Bonchev–Trinajstić information content (AvgIpc) is 2.90. The number of amides is 3. The van der Waals surface area contributed by atoms with E-state index in [1.807, 2.05) is 12.3 Å². The van der Waals surface area contributed by atoms with Gasteiger partial charge in [0.25, 0.3) is 0 Å². The van der Waals surface area contributed by atoms with Crippen molar-refractivity contribution in [2.75, 3.05) is 41.7 Å². The number of nitrogens with one attached hydrogen (secondary N) is 2. The molecule has 0 radical (unpaired) electrons. The third kappa shape index (κ3) is 4.94. The predicted octanol–water partition coefficient (Wildman–Crippen LogP) is 3.29. The number of hydrogen-bond acceptors (Lipinski definition) is 5. The maximum absolute atomic E-state index is 14.0. The fraction of sp³-hybridized carbons (Fsp3) is 0.389. The van der Waals surface area contributed by atoms with E-state index in [0.29, 0.717) is 25.3 Å². The number of aryl methyl sites for hydroxylation is 1. The Kier molecular flexibility index (Phi) is 5.90. The number of urea groups is 1. The largest absolute Gasteiger partial charge is 0.346 e. The number of hydrogen-bond donors (Lipinski definition) is 2. The molecule has 9 heteroatoms. The van der Waals surface area contributed by atoms with Gasteiger partial charge in [0.15, 0.2) is 5.13 Å². The summed E-state index contributed by atoms with van der Waals surface area (Å²) in [6, 6.07) is 3.73. The molecule has 1 aliphatic heterocycles. The molecular weight excluding hydrogens is 369 g/mol. The molecule has 2 heterocycles. The fourth-order valence-corrected chi connectivity index (χ4v) is 3.75. The first-order chi connectivity index (χ1) is 12.9. The molecule has 1 aliphatic rings. The van der Waals surface area contributed by atoms with Crippen LogP contribution < -0.4 is 15.5 Å². The van der Waals surface area contributed by atoms with E-state index < -0.39 is 5.82 Å². The molecule has 1 aromatic carbocycles. The van der Waals surface area contributed by atoms with Gasteiger partial charge in [-0.05, 0) is 31.5 Å². The van der Waals surface area contributed by atoms with E-state index in [4.69, 9.17) is 0 Å². The number of benzene rings is 1. The van der Waals surface area contributed by atoms with Gasteiger partial charge in [0, 0.05) is 44.2 Å². The van der Waals surface area contributed by atoms with Crippen LogP contribution in [0.4, 0.5) is 25.7 Å². The number of carbonyl (C=O) groups excluding carboxylic acids is 2. The standard InChI is InChI=1S/C18H22FN5O2S/c1-12-11-27-18(20-12)24-7-3-6-23(8-9-24)17(26)22-16-10-14(21-13(2)25)4-5-15(16)19/h4-5,10-11H,3,6-9H2,1-2H3,(H,21,25)(H,22,26). The van der Waals surface area contributed by atoms with Crippen LogP contribution in [0, 0.1) is 12.7 Å². The average molecular weight is 391 g/mol. The fourth-order valence-electron chi connectivity index (χ4n) is 2.89. The van der Waals surface area contributed by atoms with Gasteiger partial charge < -0.3 is 20.4 Å². The molecule has 2 aromatic rings. The van der Waals surface area contributed by atoms with Gasteiger partial charge in [-0.3, -0.25) is 4.79 Å². The van der Waals surface area contributed by atoms with Crippen LogP contribution in [0.1, 0.15) is 19.0 Å². The lowest BCUT2D eigenvalue weighted by atomic mass is 10.2. The van der Waals surface area contributed by atoms with E-state index in [2.05, 4.69) is 20.5 Å². The highest BCUT2D eigenvalue weighted by molar-refractivity contribution is 7.13. The number of carbonyl (C=O) groups is 2. The Morgan fingerprint density at radius 1 is 1.19 bits per heavy atom. The second-order valence-electron chi connectivity index (χ2n) is 6.41. The highest BCUT2D eigenvalue weighted by atomic mass is 32.1. The van der Waals surface area contributed by atoms with Crippen LogP contribution in [0.15, 0.2) is 23.6 Å². The Bertz CT molecular complexity index is 841. The first-order valence-corrected chi connectivity index (χ1v) is 9.60. The molecule has 0 spiro atoms. The van der Waals surface area contributed by atoms with Crippen LogP contribution in [0.3, 0.4) is 0 Å². The van der Waals surface area contributed by atoms with Gasteiger partial charge in [0.1, 0.15) is 5.82 Å². The zero-order chi connectivity index (χ0) is 19.4.